The molecule has 0 fully saturated rings. The van der Waals surface area contributed by atoms with E-state index in [1.165, 1.54) is 0 Å². The molecule has 0 saturated carbocycles. The average Bonchev–Trinajstić information content (AvgIpc) is 2.65. The number of rotatable bonds is 2. The fourth-order valence-electron chi connectivity index (χ4n) is 1.33. The van der Waals surface area contributed by atoms with Gasteiger partial charge in [0.2, 0.25) is 0 Å². The molecule has 14 heavy (non-hydrogen) atoms. The van der Waals surface area contributed by atoms with E-state index >= 15 is 0 Å². The zero-order valence-corrected chi connectivity index (χ0v) is 8.15. The molecule has 0 atom stereocenters. The molecule has 0 bridgehead atoms. The highest BCUT2D eigenvalue weighted by molar-refractivity contribution is 5.62. The van der Waals surface area contributed by atoms with Gasteiger partial charge in [-0.25, -0.2) is 0 Å². The van der Waals surface area contributed by atoms with Crippen LogP contribution in [0.5, 0.6) is 5.75 Å². The first-order valence-corrected chi connectivity index (χ1v) is 4.37. The summed E-state index contributed by atoms with van der Waals surface area (Å²) in [5.41, 5.74) is 2.01. The number of benzene rings is 1. The van der Waals surface area contributed by atoms with Gasteiger partial charge in [0.15, 0.2) is 5.76 Å². The minimum absolute atomic E-state index is 0.795. The van der Waals surface area contributed by atoms with E-state index < -0.39 is 0 Å². The first-order valence-electron chi connectivity index (χ1n) is 4.37. The monoisotopic (exact) mass is 189 g/mol. The molecule has 0 radical (unpaired) electrons. The summed E-state index contributed by atoms with van der Waals surface area (Å²) < 4.78 is 10.3. The zero-order chi connectivity index (χ0) is 9.97. The molecule has 1 heterocycles. The predicted molar refractivity (Wildman–Crippen MR) is 53.2 cm³/mol. The lowest BCUT2D eigenvalue weighted by Crippen LogP contribution is -1.83. The number of hydrogen-bond donors (Lipinski definition) is 0. The Labute approximate surface area is 82.3 Å². The molecular weight excluding hydrogens is 178 g/mol. The van der Waals surface area contributed by atoms with Crippen molar-refractivity contribution in [1.29, 1.82) is 0 Å². The van der Waals surface area contributed by atoms with Gasteiger partial charge in [-0.1, -0.05) is 17.3 Å². The van der Waals surface area contributed by atoms with Gasteiger partial charge in [0.25, 0.3) is 0 Å². The van der Waals surface area contributed by atoms with Gasteiger partial charge >= 0.3 is 0 Å². The Morgan fingerprint density at radius 1 is 1.36 bits per heavy atom. The van der Waals surface area contributed by atoms with E-state index in [1.54, 1.807) is 13.3 Å². The van der Waals surface area contributed by atoms with Gasteiger partial charge in [-0.05, 0) is 19.1 Å². The molecule has 0 aliphatic carbocycles. The standard InChI is InChI=1S/C11H11NO2/c1-8-7-12-14-11(8)9-4-3-5-10(6-9)13-2/h3-7H,1-2H3. The maximum atomic E-state index is 5.14. The molecule has 2 rings (SSSR count). The molecule has 0 saturated heterocycles. The Morgan fingerprint density at radius 3 is 2.86 bits per heavy atom. The maximum absolute atomic E-state index is 5.14. The van der Waals surface area contributed by atoms with E-state index in [2.05, 4.69) is 5.16 Å². The molecular formula is C11H11NO2. The molecule has 3 heteroatoms. The van der Waals surface area contributed by atoms with Gasteiger partial charge in [-0.15, -0.1) is 0 Å². The summed E-state index contributed by atoms with van der Waals surface area (Å²) in [6.45, 7) is 1.96. The van der Waals surface area contributed by atoms with Crippen molar-refractivity contribution in [3.8, 4) is 17.1 Å². The van der Waals surface area contributed by atoms with Crippen LogP contribution in [-0.4, -0.2) is 12.3 Å². The number of aromatic nitrogens is 1. The summed E-state index contributed by atoms with van der Waals surface area (Å²) in [5, 5.41) is 3.74. The lowest BCUT2D eigenvalue weighted by atomic mass is 10.1. The second-order valence-electron chi connectivity index (χ2n) is 3.07. The van der Waals surface area contributed by atoms with Crippen molar-refractivity contribution in [2.24, 2.45) is 0 Å². The SMILES string of the molecule is COc1cccc(-c2oncc2C)c1. The summed E-state index contributed by atoms with van der Waals surface area (Å²) in [6.07, 6.45) is 1.70. The minimum Gasteiger partial charge on any atom is -0.497 e. The van der Waals surface area contributed by atoms with Crippen LogP contribution in [0.15, 0.2) is 35.0 Å². The molecule has 1 aromatic heterocycles. The van der Waals surface area contributed by atoms with Gasteiger partial charge in [0.05, 0.1) is 13.3 Å². The Kier molecular flexibility index (Phi) is 2.23. The topological polar surface area (TPSA) is 35.3 Å². The van der Waals surface area contributed by atoms with Gasteiger partial charge in [-0.2, -0.15) is 0 Å². The molecule has 0 amide bonds. The Hall–Kier alpha value is -1.77. The van der Waals surface area contributed by atoms with E-state index in [0.29, 0.717) is 0 Å². The van der Waals surface area contributed by atoms with Crippen LogP contribution < -0.4 is 4.74 Å². The summed E-state index contributed by atoms with van der Waals surface area (Å²) in [5.74, 6) is 1.61. The number of ether oxygens (including phenoxy) is 1. The van der Waals surface area contributed by atoms with Crippen molar-refractivity contribution in [2.45, 2.75) is 6.92 Å². The van der Waals surface area contributed by atoms with Crippen LogP contribution in [0.1, 0.15) is 5.56 Å². The minimum atomic E-state index is 0.795. The van der Waals surface area contributed by atoms with Crippen LogP contribution in [0.25, 0.3) is 11.3 Å². The fraction of sp³-hybridized carbons (Fsp3) is 0.182. The molecule has 3 nitrogen and oxygen atoms in total. The maximum Gasteiger partial charge on any atom is 0.169 e. The van der Waals surface area contributed by atoms with E-state index in [9.17, 15) is 0 Å². The van der Waals surface area contributed by atoms with E-state index in [0.717, 1.165) is 22.6 Å². The van der Waals surface area contributed by atoms with Crippen molar-refractivity contribution in [1.82, 2.24) is 5.16 Å². The smallest absolute Gasteiger partial charge is 0.169 e. The van der Waals surface area contributed by atoms with Crippen LogP contribution in [0.2, 0.25) is 0 Å². The van der Waals surface area contributed by atoms with Crippen LogP contribution >= 0.6 is 0 Å². The highest BCUT2D eigenvalue weighted by Crippen LogP contribution is 2.25. The van der Waals surface area contributed by atoms with Crippen molar-refractivity contribution in [3.63, 3.8) is 0 Å². The lowest BCUT2D eigenvalue weighted by Gasteiger charge is -2.01. The van der Waals surface area contributed by atoms with Gasteiger partial charge < -0.3 is 9.26 Å². The molecule has 72 valence electrons. The number of aryl methyl sites for hydroxylation is 1. The fourth-order valence-corrected chi connectivity index (χ4v) is 1.33. The highest BCUT2D eigenvalue weighted by Gasteiger charge is 2.06. The quantitative estimate of drug-likeness (QED) is 0.728. The Bertz CT molecular complexity index is 434. The lowest BCUT2D eigenvalue weighted by molar-refractivity contribution is 0.413. The summed E-state index contributed by atoms with van der Waals surface area (Å²) in [6, 6.07) is 7.72. The third-order valence-electron chi connectivity index (χ3n) is 2.08. The van der Waals surface area contributed by atoms with Crippen LogP contribution in [0.4, 0.5) is 0 Å². The first kappa shape index (κ1) is 8.81. The number of methoxy groups -OCH3 is 1. The molecule has 2 aromatic rings. The second kappa shape index (κ2) is 3.54. The average molecular weight is 189 g/mol. The van der Waals surface area contributed by atoms with Gasteiger partial charge in [0.1, 0.15) is 5.75 Å². The Balaban J connectivity index is 2.47. The van der Waals surface area contributed by atoms with Gasteiger partial charge in [0, 0.05) is 11.1 Å². The molecule has 0 aliphatic rings. The molecule has 0 spiro atoms. The van der Waals surface area contributed by atoms with Crippen molar-refractivity contribution < 1.29 is 9.26 Å². The van der Waals surface area contributed by atoms with Crippen molar-refractivity contribution in [3.05, 3.63) is 36.0 Å². The van der Waals surface area contributed by atoms with Crippen LogP contribution in [0, 0.1) is 6.92 Å². The zero-order valence-electron chi connectivity index (χ0n) is 8.15. The Morgan fingerprint density at radius 2 is 2.21 bits per heavy atom. The van der Waals surface area contributed by atoms with Crippen molar-refractivity contribution in [2.75, 3.05) is 7.11 Å². The third kappa shape index (κ3) is 1.48. The molecule has 0 unspecified atom stereocenters. The summed E-state index contributed by atoms with van der Waals surface area (Å²) >= 11 is 0. The van der Waals surface area contributed by atoms with Crippen LogP contribution in [0.3, 0.4) is 0 Å². The molecule has 1 aromatic carbocycles. The number of nitrogens with zero attached hydrogens (tertiary/aromatic N) is 1. The first-order chi connectivity index (χ1) is 6.81. The summed E-state index contributed by atoms with van der Waals surface area (Å²) in [7, 11) is 1.65. The number of hydrogen-bond acceptors (Lipinski definition) is 3. The largest absolute Gasteiger partial charge is 0.497 e. The summed E-state index contributed by atoms with van der Waals surface area (Å²) in [4.78, 5) is 0. The molecule has 0 aliphatic heterocycles. The second-order valence-corrected chi connectivity index (χ2v) is 3.07. The predicted octanol–water partition coefficient (Wildman–Crippen LogP) is 2.66. The van der Waals surface area contributed by atoms with Crippen LogP contribution in [-0.2, 0) is 0 Å². The van der Waals surface area contributed by atoms with E-state index in [4.69, 9.17) is 9.26 Å². The van der Waals surface area contributed by atoms with E-state index in [1.807, 2.05) is 31.2 Å². The highest BCUT2D eigenvalue weighted by atomic mass is 16.5. The third-order valence-corrected chi connectivity index (χ3v) is 2.08. The van der Waals surface area contributed by atoms with Crippen molar-refractivity contribution >= 4 is 0 Å². The van der Waals surface area contributed by atoms with E-state index in [-0.39, 0.29) is 0 Å². The normalized spacial score (nSPS) is 10.1. The molecule has 0 N–H and O–H groups in total. The van der Waals surface area contributed by atoms with Gasteiger partial charge in [-0.3, -0.25) is 0 Å².